The van der Waals surface area contributed by atoms with Gasteiger partial charge in [-0.2, -0.15) is 0 Å². The van der Waals surface area contributed by atoms with E-state index >= 15 is 0 Å². The van der Waals surface area contributed by atoms with Gasteiger partial charge in [-0.15, -0.1) is 0 Å². The zero-order chi connectivity index (χ0) is 20.5. The molecule has 0 radical (unpaired) electrons. The van der Waals surface area contributed by atoms with Crippen LogP contribution in [0.3, 0.4) is 0 Å². The molecule has 0 saturated heterocycles. The summed E-state index contributed by atoms with van der Waals surface area (Å²) in [5, 5.41) is 0.344. The van der Waals surface area contributed by atoms with E-state index in [2.05, 4.69) is 0 Å². The van der Waals surface area contributed by atoms with Crippen molar-refractivity contribution in [1.29, 1.82) is 0 Å². The van der Waals surface area contributed by atoms with E-state index in [1.807, 2.05) is 0 Å². The lowest BCUT2D eigenvalue weighted by Crippen LogP contribution is -2.32. The lowest BCUT2D eigenvalue weighted by molar-refractivity contribution is -0.0584. The molecule has 0 spiro atoms. The second kappa shape index (κ2) is 5.74. The molecule has 2 aliphatic heterocycles. The summed E-state index contributed by atoms with van der Waals surface area (Å²) in [6.45, 7) is 0. The van der Waals surface area contributed by atoms with Gasteiger partial charge in [-0.25, -0.2) is 17.5 Å². The normalized spacial score (nSPS) is 19.4. The van der Waals surface area contributed by atoms with Crippen molar-refractivity contribution in [2.75, 3.05) is 0 Å². The number of imide groups is 1. The number of fused-ring (bicyclic) bond motifs is 2. The highest BCUT2D eigenvalue weighted by Gasteiger charge is 2.49. The van der Waals surface area contributed by atoms with E-state index in [0.717, 1.165) is 10.4 Å². The maximum absolute atomic E-state index is 12.7. The predicted molar refractivity (Wildman–Crippen MR) is 95.2 cm³/mol. The Hall–Kier alpha value is -3.53. The highest BCUT2D eigenvalue weighted by atomic mass is 32.2. The van der Waals surface area contributed by atoms with Gasteiger partial charge in [-0.05, 0) is 43.2 Å². The molecule has 2 heterocycles. The van der Waals surface area contributed by atoms with Crippen molar-refractivity contribution in [2.45, 2.75) is 23.8 Å². The van der Waals surface area contributed by atoms with Crippen LogP contribution in [0.25, 0.3) is 0 Å². The molecular weight excluding hydrogens is 400 g/mol. The number of rotatable bonds is 3. The summed E-state index contributed by atoms with van der Waals surface area (Å²) in [7, 11) is -4.05. The highest BCUT2D eigenvalue weighted by molar-refractivity contribution is 7.90. The number of benzene rings is 2. The maximum atomic E-state index is 12.7. The average Bonchev–Trinajstić information content (AvgIpc) is 3.48. The molecule has 5 rings (SSSR count). The molecule has 3 amide bonds. The number of hydrogen-bond acceptors (Lipinski definition) is 7. The average molecular weight is 412 g/mol. The third-order valence-electron chi connectivity index (χ3n) is 4.99. The first-order valence-corrected chi connectivity index (χ1v) is 10.2. The van der Waals surface area contributed by atoms with Gasteiger partial charge >= 0.3 is 5.97 Å². The quantitative estimate of drug-likeness (QED) is 0.699. The van der Waals surface area contributed by atoms with Crippen LogP contribution in [-0.2, 0) is 14.9 Å². The second-order valence-corrected chi connectivity index (χ2v) is 8.66. The van der Waals surface area contributed by atoms with Crippen LogP contribution in [0.2, 0.25) is 0 Å². The molecule has 0 unspecified atom stereocenters. The minimum Gasteiger partial charge on any atom is -0.324 e. The van der Waals surface area contributed by atoms with Crippen LogP contribution in [0, 0.1) is 0 Å². The third-order valence-corrected chi connectivity index (χ3v) is 6.87. The first-order chi connectivity index (χ1) is 13.8. The summed E-state index contributed by atoms with van der Waals surface area (Å²) < 4.78 is 26.2. The van der Waals surface area contributed by atoms with Gasteiger partial charge in [0.05, 0.1) is 22.3 Å². The molecule has 0 N–H and O–H groups in total. The largest absolute Gasteiger partial charge is 0.363 e. The fraction of sp³-hybridized carbons (Fsp3) is 0.158. The Bertz CT molecular complexity index is 1210. The van der Waals surface area contributed by atoms with Gasteiger partial charge in [-0.3, -0.25) is 14.4 Å². The van der Waals surface area contributed by atoms with Gasteiger partial charge in [0.15, 0.2) is 0 Å². The Labute approximate surface area is 164 Å². The first-order valence-electron chi connectivity index (χ1n) is 8.73. The molecule has 1 aliphatic carbocycles. The van der Waals surface area contributed by atoms with Crippen molar-refractivity contribution >= 4 is 33.7 Å². The summed E-state index contributed by atoms with van der Waals surface area (Å²) in [6.07, 6.45) is 1.21. The summed E-state index contributed by atoms with van der Waals surface area (Å²) in [5.74, 6) is -3.29. The van der Waals surface area contributed by atoms with Crippen LogP contribution >= 0.6 is 0 Å². The van der Waals surface area contributed by atoms with Crippen LogP contribution in [0.5, 0.6) is 0 Å². The Kier molecular flexibility index (Phi) is 3.47. The lowest BCUT2D eigenvalue weighted by atomic mass is 10.1. The number of hydroxylamine groups is 2. The number of carbonyl (C=O) groups is 4. The molecule has 2 aromatic carbocycles. The summed E-state index contributed by atoms with van der Waals surface area (Å²) >= 11 is 0. The predicted octanol–water partition coefficient (Wildman–Crippen LogP) is 1.36. The fourth-order valence-electron chi connectivity index (χ4n) is 3.43. The fourth-order valence-corrected chi connectivity index (χ4v) is 5.27. The Morgan fingerprint density at radius 2 is 1.52 bits per heavy atom. The molecular formula is C19H12N2O7S. The monoisotopic (exact) mass is 412 g/mol. The number of carbonyl (C=O) groups excluding carboxylic acids is 4. The van der Waals surface area contributed by atoms with Gasteiger partial charge in [0.2, 0.25) is 0 Å². The smallest absolute Gasteiger partial charge is 0.324 e. The van der Waals surface area contributed by atoms with Crippen LogP contribution in [-0.4, -0.2) is 47.5 Å². The second-order valence-electron chi connectivity index (χ2n) is 6.88. The molecule has 146 valence electrons. The maximum Gasteiger partial charge on any atom is 0.363 e. The summed E-state index contributed by atoms with van der Waals surface area (Å²) in [4.78, 5) is 54.2. The summed E-state index contributed by atoms with van der Waals surface area (Å²) in [6, 6.07) is 9.15. The molecule has 0 bridgehead atoms. The van der Waals surface area contributed by atoms with Gasteiger partial charge in [0.1, 0.15) is 4.90 Å². The molecule has 0 aromatic heterocycles. The van der Waals surface area contributed by atoms with Crippen molar-refractivity contribution in [3.63, 3.8) is 0 Å². The molecule has 1 saturated carbocycles. The minimum absolute atomic E-state index is 0.0193. The van der Waals surface area contributed by atoms with Crippen LogP contribution in [0.1, 0.15) is 54.3 Å². The van der Waals surface area contributed by atoms with Crippen molar-refractivity contribution in [3.8, 4) is 0 Å². The first kappa shape index (κ1) is 17.6. The molecule has 10 heteroatoms. The highest BCUT2D eigenvalue weighted by Crippen LogP contribution is 2.39. The van der Waals surface area contributed by atoms with E-state index in [9.17, 15) is 27.6 Å². The van der Waals surface area contributed by atoms with E-state index in [4.69, 9.17) is 4.84 Å². The van der Waals surface area contributed by atoms with Gasteiger partial charge in [0, 0.05) is 6.04 Å². The molecule has 1 fully saturated rings. The van der Waals surface area contributed by atoms with Gasteiger partial charge in [-0.1, -0.05) is 17.2 Å². The minimum atomic E-state index is -4.05. The van der Waals surface area contributed by atoms with Crippen molar-refractivity contribution < 1.29 is 32.4 Å². The van der Waals surface area contributed by atoms with Crippen molar-refractivity contribution in [2.24, 2.45) is 0 Å². The summed E-state index contributed by atoms with van der Waals surface area (Å²) in [5.41, 5.74) is -0.0106. The molecule has 2 aromatic rings. The Morgan fingerprint density at radius 1 is 0.897 bits per heavy atom. The molecule has 0 atom stereocenters. The van der Waals surface area contributed by atoms with E-state index in [1.165, 1.54) is 24.3 Å². The number of sulfonamides is 1. The van der Waals surface area contributed by atoms with Crippen LogP contribution in [0.4, 0.5) is 0 Å². The van der Waals surface area contributed by atoms with Crippen molar-refractivity contribution in [1.82, 2.24) is 9.37 Å². The Morgan fingerprint density at radius 3 is 2.10 bits per heavy atom. The Balaban J connectivity index is 1.45. The standard InChI is InChI=1S/C19H12N2O7S/c22-16-12-3-1-2-4-13(12)17(23)20(16)28-19(25)10-5-8-14-15(9-10)29(26,27)21(18(14)24)11-6-7-11/h1-5,8-9,11H,6-7H2. The molecule has 29 heavy (non-hydrogen) atoms. The number of amides is 3. The van der Waals surface area contributed by atoms with E-state index in [0.29, 0.717) is 17.9 Å². The zero-order valence-corrected chi connectivity index (χ0v) is 15.5. The molecule has 9 nitrogen and oxygen atoms in total. The van der Waals surface area contributed by atoms with Gasteiger partial charge < -0.3 is 4.84 Å². The van der Waals surface area contributed by atoms with E-state index in [-0.39, 0.29) is 33.2 Å². The lowest BCUT2D eigenvalue weighted by Gasteiger charge is -2.13. The molecule has 3 aliphatic rings. The van der Waals surface area contributed by atoms with E-state index < -0.39 is 33.7 Å². The van der Waals surface area contributed by atoms with E-state index in [1.54, 1.807) is 12.1 Å². The third kappa shape index (κ3) is 2.42. The topological polar surface area (TPSA) is 118 Å². The van der Waals surface area contributed by atoms with Gasteiger partial charge in [0.25, 0.3) is 27.7 Å². The zero-order valence-electron chi connectivity index (χ0n) is 14.7. The number of nitrogens with zero attached hydrogens (tertiary/aromatic N) is 2. The number of hydrogen-bond donors (Lipinski definition) is 0. The van der Waals surface area contributed by atoms with Crippen LogP contribution < -0.4 is 0 Å². The SMILES string of the molecule is O=C(ON1C(=O)c2ccccc2C1=O)c1ccc2c(c1)S(=O)(=O)N(C1CC1)C2=O. The van der Waals surface area contributed by atoms with Crippen molar-refractivity contribution in [3.05, 3.63) is 64.7 Å². The van der Waals surface area contributed by atoms with Crippen LogP contribution in [0.15, 0.2) is 47.4 Å².